The predicted octanol–water partition coefficient (Wildman–Crippen LogP) is 3.51. The summed E-state index contributed by atoms with van der Waals surface area (Å²) in [7, 11) is 1.70. The van der Waals surface area contributed by atoms with Crippen molar-refractivity contribution in [2.45, 2.75) is 19.5 Å². The molecule has 6 nitrogen and oxygen atoms in total. The SMILES string of the molecule is COc1cccc(N2CCN(c3ncc4c(n3)CCN(Cc3cccc(F)c3)C4)CC2)c1. The molecule has 166 valence electrons. The van der Waals surface area contributed by atoms with Crippen molar-refractivity contribution in [2.75, 3.05) is 49.6 Å². The minimum Gasteiger partial charge on any atom is -0.497 e. The number of hydrogen-bond acceptors (Lipinski definition) is 6. The molecule has 3 heterocycles. The van der Waals surface area contributed by atoms with Crippen LogP contribution >= 0.6 is 0 Å². The number of piperazine rings is 1. The highest BCUT2D eigenvalue weighted by molar-refractivity contribution is 5.52. The molecule has 2 aromatic carbocycles. The number of ether oxygens (including phenoxy) is 1. The third kappa shape index (κ3) is 4.53. The van der Waals surface area contributed by atoms with Crippen molar-refractivity contribution >= 4 is 11.6 Å². The van der Waals surface area contributed by atoms with Gasteiger partial charge in [0.05, 0.1) is 12.8 Å². The van der Waals surface area contributed by atoms with E-state index in [9.17, 15) is 4.39 Å². The number of benzene rings is 2. The maximum Gasteiger partial charge on any atom is 0.225 e. The molecule has 1 saturated heterocycles. The van der Waals surface area contributed by atoms with Gasteiger partial charge < -0.3 is 14.5 Å². The first kappa shape index (κ1) is 20.7. The van der Waals surface area contributed by atoms with Crippen LogP contribution in [0.25, 0.3) is 0 Å². The Morgan fingerprint density at radius 1 is 0.969 bits per heavy atom. The molecule has 0 spiro atoms. The van der Waals surface area contributed by atoms with Gasteiger partial charge in [0.25, 0.3) is 0 Å². The molecule has 2 aliphatic rings. The van der Waals surface area contributed by atoms with Gasteiger partial charge in [0.15, 0.2) is 0 Å². The summed E-state index contributed by atoms with van der Waals surface area (Å²) in [5.41, 5.74) is 4.50. The van der Waals surface area contributed by atoms with Crippen molar-refractivity contribution in [1.82, 2.24) is 14.9 Å². The summed E-state index contributed by atoms with van der Waals surface area (Å²) < 4.78 is 18.8. The molecule has 1 fully saturated rings. The molecule has 0 saturated carbocycles. The zero-order chi connectivity index (χ0) is 21.9. The molecule has 7 heteroatoms. The quantitative estimate of drug-likeness (QED) is 0.614. The molecule has 0 bridgehead atoms. The number of methoxy groups -OCH3 is 1. The average Bonchev–Trinajstić information content (AvgIpc) is 2.84. The molecule has 0 atom stereocenters. The second-order valence-electron chi connectivity index (χ2n) is 8.41. The van der Waals surface area contributed by atoms with Crippen molar-refractivity contribution in [1.29, 1.82) is 0 Å². The van der Waals surface area contributed by atoms with E-state index in [0.717, 1.165) is 75.2 Å². The van der Waals surface area contributed by atoms with Gasteiger partial charge in [-0.25, -0.2) is 14.4 Å². The molecule has 1 aromatic heterocycles. The number of rotatable bonds is 5. The smallest absolute Gasteiger partial charge is 0.225 e. The van der Waals surface area contributed by atoms with Gasteiger partial charge in [0, 0.05) is 75.7 Å². The summed E-state index contributed by atoms with van der Waals surface area (Å²) >= 11 is 0. The zero-order valence-corrected chi connectivity index (χ0v) is 18.4. The topological polar surface area (TPSA) is 44.7 Å². The molecule has 0 amide bonds. The Hall–Kier alpha value is -3.19. The third-order valence-corrected chi connectivity index (χ3v) is 6.28. The predicted molar refractivity (Wildman–Crippen MR) is 124 cm³/mol. The first-order valence-electron chi connectivity index (χ1n) is 11.1. The van der Waals surface area contributed by atoms with Crippen LogP contribution in [-0.2, 0) is 19.5 Å². The Bertz CT molecular complexity index is 1080. The Kier molecular flexibility index (Phi) is 5.90. The number of fused-ring (bicyclic) bond motifs is 1. The Morgan fingerprint density at radius 3 is 2.59 bits per heavy atom. The molecule has 32 heavy (non-hydrogen) atoms. The van der Waals surface area contributed by atoms with Crippen molar-refractivity contribution in [3.63, 3.8) is 0 Å². The van der Waals surface area contributed by atoms with E-state index in [-0.39, 0.29) is 5.82 Å². The van der Waals surface area contributed by atoms with E-state index in [1.165, 1.54) is 17.3 Å². The van der Waals surface area contributed by atoms with E-state index in [1.54, 1.807) is 19.2 Å². The zero-order valence-electron chi connectivity index (χ0n) is 18.4. The minimum absolute atomic E-state index is 0.181. The van der Waals surface area contributed by atoms with Crippen LogP contribution < -0.4 is 14.5 Å². The van der Waals surface area contributed by atoms with Gasteiger partial charge in [-0.05, 0) is 29.8 Å². The van der Waals surface area contributed by atoms with Crippen LogP contribution in [0.4, 0.5) is 16.0 Å². The van der Waals surface area contributed by atoms with E-state index in [1.807, 2.05) is 24.4 Å². The standard InChI is InChI=1S/C25H28FN5O/c1-32-23-7-3-6-22(15-23)30-10-12-31(13-11-30)25-27-16-20-18-29(9-8-24(20)28-25)17-19-4-2-5-21(26)14-19/h2-7,14-16H,8-13,17-18H2,1H3. The lowest BCUT2D eigenvalue weighted by atomic mass is 10.1. The molecule has 3 aromatic rings. The van der Waals surface area contributed by atoms with E-state index in [2.05, 4.69) is 31.8 Å². The highest BCUT2D eigenvalue weighted by Crippen LogP contribution is 2.24. The molecular formula is C25H28FN5O. The maximum atomic E-state index is 13.5. The van der Waals surface area contributed by atoms with Gasteiger partial charge in [-0.1, -0.05) is 18.2 Å². The van der Waals surface area contributed by atoms with E-state index < -0.39 is 0 Å². The molecule has 2 aliphatic heterocycles. The summed E-state index contributed by atoms with van der Waals surface area (Å²) in [4.78, 5) is 16.6. The van der Waals surface area contributed by atoms with E-state index in [4.69, 9.17) is 9.72 Å². The molecular weight excluding hydrogens is 405 g/mol. The highest BCUT2D eigenvalue weighted by atomic mass is 19.1. The van der Waals surface area contributed by atoms with E-state index in [0.29, 0.717) is 0 Å². The summed E-state index contributed by atoms with van der Waals surface area (Å²) in [5, 5.41) is 0. The molecule has 0 unspecified atom stereocenters. The first-order valence-corrected chi connectivity index (χ1v) is 11.1. The van der Waals surface area contributed by atoms with E-state index >= 15 is 0 Å². The van der Waals surface area contributed by atoms with Crippen LogP contribution in [0.2, 0.25) is 0 Å². The first-order chi connectivity index (χ1) is 15.7. The molecule has 0 N–H and O–H groups in total. The van der Waals surface area contributed by atoms with Crippen LogP contribution in [0.15, 0.2) is 54.7 Å². The average molecular weight is 434 g/mol. The summed E-state index contributed by atoms with van der Waals surface area (Å²) in [6.45, 7) is 6.10. The molecule has 0 aliphatic carbocycles. The Labute approximate surface area is 188 Å². The van der Waals surface area contributed by atoms with Crippen molar-refractivity contribution in [2.24, 2.45) is 0 Å². The molecule has 0 radical (unpaired) electrons. The minimum atomic E-state index is -0.181. The number of aromatic nitrogens is 2. The fourth-order valence-corrected chi connectivity index (χ4v) is 4.52. The van der Waals surface area contributed by atoms with Crippen LogP contribution in [0, 0.1) is 5.82 Å². The van der Waals surface area contributed by atoms with Crippen LogP contribution in [0.5, 0.6) is 5.75 Å². The van der Waals surface area contributed by atoms with Gasteiger partial charge in [-0.3, -0.25) is 4.90 Å². The van der Waals surface area contributed by atoms with Crippen molar-refractivity contribution < 1.29 is 9.13 Å². The van der Waals surface area contributed by atoms with Gasteiger partial charge >= 0.3 is 0 Å². The molecule has 5 rings (SSSR count). The number of nitrogens with zero attached hydrogens (tertiary/aromatic N) is 5. The normalized spacial score (nSPS) is 16.7. The summed E-state index contributed by atoms with van der Waals surface area (Å²) in [5.74, 6) is 1.53. The van der Waals surface area contributed by atoms with Crippen molar-refractivity contribution in [3.05, 3.63) is 77.4 Å². The lowest BCUT2D eigenvalue weighted by molar-refractivity contribution is 0.242. The van der Waals surface area contributed by atoms with Crippen LogP contribution in [0.1, 0.15) is 16.8 Å². The lowest BCUT2D eigenvalue weighted by Gasteiger charge is -2.36. The largest absolute Gasteiger partial charge is 0.497 e. The van der Waals surface area contributed by atoms with Gasteiger partial charge in [-0.15, -0.1) is 0 Å². The summed E-state index contributed by atoms with van der Waals surface area (Å²) in [6, 6.07) is 15.1. The fraction of sp³-hybridized carbons (Fsp3) is 0.360. The van der Waals surface area contributed by atoms with Gasteiger partial charge in [-0.2, -0.15) is 0 Å². The van der Waals surface area contributed by atoms with Gasteiger partial charge in [0.2, 0.25) is 5.95 Å². The maximum absolute atomic E-state index is 13.5. The second-order valence-corrected chi connectivity index (χ2v) is 8.41. The highest BCUT2D eigenvalue weighted by Gasteiger charge is 2.23. The third-order valence-electron chi connectivity index (χ3n) is 6.28. The number of hydrogen-bond donors (Lipinski definition) is 0. The Balaban J connectivity index is 1.21. The lowest BCUT2D eigenvalue weighted by Crippen LogP contribution is -2.47. The Morgan fingerprint density at radius 2 is 1.78 bits per heavy atom. The van der Waals surface area contributed by atoms with Crippen molar-refractivity contribution in [3.8, 4) is 5.75 Å². The monoisotopic (exact) mass is 433 g/mol. The number of anilines is 2. The van der Waals surface area contributed by atoms with Crippen LogP contribution in [-0.4, -0.2) is 54.7 Å². The van der Waals surface area contributed by atoms with Crippen LogP contribution in [0.3, 0.4) is 0 Å². The van der Waals surface area contributed by atoms with Gasteiger partial charge in [0.1, 0.15) is 11.6 Å². The fourth-order valence-electron chi connectivity index (χ4n) is 4.52. The number of halogens is 1. The second kappa shape index (κ2) is 9.12. The summed E-state index contributed by atoms with van der Waals surface area (Å²) in [6.07, 6.45) is 2.87.